The monoisotopic (exact) mass is 394 g/mol. The number of halogens is 1. The number of likely N-dealkylation sites (tertiary alicyclic amines) is 1. The Balaban J connectivity index is 1.64. The van der Waals surface area contributed by atoms with Crippen molar-refractivity contribution in [2.45, 2.75) is 19.8 Å². The number of benzene rings is 1. The lowest BCUT2D eigenvalue weighted by molar-refractivity contribution is -0.153. The topological polar surface area (TPSA) is 86.7 Å². The van der Waals surface area contributed by atoms with E-state index >= 15 is 0 Å². The smallest absolute Gasteiger partial charge is 0.311 e. The molecule has 2 amide bonds. The first kappa shape index (κ1) is 18.7. The number of nitrogens with one attached hydrogen (secondary N) is 1. The van der Waals surface area contributed by atoms with Gasteiger partial charge in [0.25, 0.3) is 5.91 Å². The summed E-state index contributed by atoms with van der Waals surface area (Å²) in [5, 5.41) is 13.1. The SMILES string of the molecule is CC1(C(=O)O)CCCN(C(=O)CNC(=O)c2sc3ccccc3c2Cl)C1. The molecule has 0 radical (unpaired) electrons. The predicted molar refractivity (Wildman–Crippen MR) is 101 cm³/mol. The largest absolute Gasteiger partial charge is 0.481 e. The van der Waals surface area contributed by atoms with E-state index in [9.17, 15) is 19.5 Å². The number of thiophene rings is 1. The molecule has 2 heterocycles. The van der Waals surface area contributed by atoms with Gasteiger partial charge in [-0.1, -0.05) is 29.8 Å². The third-order valence-electron chi connectivity index (χ3n) is 4.71. The fraction of sp³-hybridized carbons (Fsp3) is 0.389. The van der Waals surface area contributed by atoms with Crippen molar-refractivity contribution in [1.29, 1.82) is 0 Å². The number of fused-ring (bicyclic) bond motifs is 1. The first-order valence-corrected chi connectivity index (χ1v) is 9.48. The van der Waals surface area contributed by atoms with Crippen LogP contribution in [-0.2, 0) is 9.59 Å². The van der Waals surface area contributed by atoms with Crippen LogP contribution in [-0.4, -0.2) is 47.4 Å². The molecule has 0 spiro atoms. The standard InChI is InChI=1S/C18H19ClN2O4S/c1-18(17(24)25)7-4-8-21(10-18)13(22)9-20-16(23)15-14(19)11-5-2-3-6-12(11)26-15/h2-3,5-6H,4,7-10H2,1H3,(H,20,23)(H,24,25). The quantitative estimate of drug-likeness (QED) is 0.834. The first-order valence-electron chi connectivity index (χ1n) is 8.28. The first-order chi connectivity index (χ1) is 12.3. The molecule has 0 aliphatic carbocycles. The number of piperidine rings is 1. The van der Waals surface area contributed by atoms with Gasteiger partial charge in [0, 0.05) is 23.2 Å². The Hall–Kier alpha value is -2.12. The molecule has 1 aromatic heterocycles. The number of nitrogens with zero attached hydrogens (tertiary/aromatic N) is 1. The van der Waals surface area contributed by atoms with Crippen LogP contribution in [0.3, 0.4) is 0 Å². The van der Waals surface area contributed by atoms with E-state index in [0.29, 0.717) is 29.3 Å². The van der Waals surface area contributed by atoms with E-state index in [0.717, 1.165) is 10.1 Å². The predicted octanol–water partition coefficient (Wildman–Crippen LogP) is 3.00. The van der Waals surface area contributed by atoms with E-state index in [1.807, 2.05) is 24.3 Å². The fourth-order valence-corrected chi connectivity index (χ4v) is 4.57. The summed E-state index contributed by atoms with van der Waals surface area (Å²) < 4.78 is 0.905. The molecule has 1 atom stereocenters. The average molecular weight is 395 g/mol. The molecule has 138 valence electrons. The number of hydrogen-bond donors (Lipinski definition) is 2. The Morgan fingerprint density at radius 3 is 2.77 bits per heavy atom. The van der Waals surface area contributed by atoms with E-state index in [-0.39, 0.29) is 19.0 Å². The van der Waals surface area contributed by atoms with Crippen LogP contribution in [0.2, 0.25) is 5.02 Å². The molecule has 1 aliphatic heterocycles. The van der Waals surface area contributed by atoms with Gasteiger partial charge >= 0.3 is 5.97 Å². The third-order valence-corrected chi connectivity index (χ3v) is 6.38. The van der Waals surface area contributed by atoms with Gasteiger partial charge in [0.2, 0.25) is 5.91 Å². The minimum absolute atomic E-state index is 0.153. The molecule has 26 heavy (non-hydrogen) atoms. The number of carbonyl (C=O) groups excluding carboxylic acids is 2. The van der Waals surface area contributed by atoms with Gasteiger partial charge in [0.1, 0.15) is 4.88 Å². The summed E-state index contributed by atoms with van der Waals surface area (Å²) in [6.07, 6.45) is 1.17. The average Bonchev–Trinajstić information content (AvgIpc) is 2.96. The highest BCUT2D eigenvalue weighted by Crippen LogP contribution is 2.35. The van der Waals surface area contributed by atoms with Gasteiger partial charge in [0.15, 0.2) is 0 Å². The molecule has 1 unspecified atom stereocenters. The molecular formula is C18H19ClN2O4S. The van der Waals surface area contributed by atoms with Crippen molar-refractivity contribution in [3.05, 3.63) is 34.2 Å². The van der Waals surface area contributed by atoms with E-state index < -0.39 is 17.3 Å². The zero-order chi connectivity index (χ0) is 18.9. The molecule has 3 rings (SSSR count). The Labute approximate surface area is 159 Å². The molecule has 1 saturated heterocycles. The molecule has 1 aromatic carbocycles. The second-order valence-electron chi connectivity index (χ2n) is 6.71. The van der Waals surface area contributed by atoms with E-state index in [2.05, 4.69) is 5.32 Å². The van der Waals surface area contributed by atoms with E-state index in [1.165, 1.54) is 16.2 Å². The van der Waals surface area contributed by atoms with Crippen molar-refractivity contribution in [2.24, 2.45) is 5.41 Å². The summed E-state index contributed by atoms with van der Waals surface area (Å²) in [4.78, 5) is 38.1. The van der Waals surface area contributed by atoms with Crippen LogP contribution in [0.15, 0.2) is 24.3 Å². The Bertz CT molecular complexity index is 881. The van der Waals surface area contributed by atoms with Crippen LogP contribution in [0, 0.1) is 5.41 Å². The molecule has 0 bridgehead atoms. The van der Waals surface area contributed by atoms with Gasteiger partial charge in [-0.25, -0.2) is 0 Å². The van der Waals surface area contributed by atoms with Crippen LogP contribution in [0.5, 0.6) is 0 Å². The molecule has 2 N–H and O–H groups in total. The highest BCUT2D eigenvalue weighted by Gasteiger charge is 2.39. The van der Waals surface area contributed by atoms with Crippen molar-refractivity contribution >= 4 is 50.8 Å². The fourth-order valence-electron chi connectivity index (χ4n) is 3.13. The summed E-state index contributed by atoms with van der Waals surface area (Å²) in [6, 6.07) is 7.45. The zero-order valence-corrected chi connectivity index (χ0v) is 15.8. The number of aliphatic carboxylic acids is 1. The second-order valence-corrected chi connectivity index (χ2v) is 8.14. The van der Waals surface area contributed by atoms with Crippen LogP contribution in [0.4, 0.5) is 0 Å². The number of hydrogen-bond acceptors (Lipinski definition) is 4. The van der Waals surface area contributed by atoms with Crippen LogP contribution in [0.1, 0.15) is 29.4 Å². The van der Waals surface area contributed by atoms with E-state index in [1.54, 1.807) is 6.92 Å². The lowest BCUT2D eigenvalue weighted by atomic mass is 9.82. The Morgan fingerprint density at radius 1 is 1.35 bits per heavy atom. The number of carboxylic acid groups (broad SMARTS) is 1. The molecule has 8 heteroatoms. The van der Waals surface area contributed by atoms with Gasteiger partial charge in [-0.3, -0.25) is 14.4 Å². The van der Waals surface area contributed by atoms with Crippen molar-refractivity contribution in [2.75, 3.05) is 19.6 Å². The Morgan fingerprint density at radius 2 is 2.08 bits per heavy atom. The van der Waals surface area contributed by atoms with Crippen molar-refractivity contribution in [3.63, 3.8) is 0 Å². The lowest BCUT2D eigenvalue weighted by Crippen LogP contribution is -2.50. The van der Waals surface area contributed by atoms with Gasteiger partial charge in [0.05, 0.1) is 17.0 Å². The summed E-state index contributed by atoms with van der Waals surface area (Å²) in [5.74, 6) is -1.60. The normalized spacial score (nSPS) is 20.2. The molecule has 0 saturated carbocycles. The van der Waals surface area contributed by atoms with Gasteiger partial charge in [-0.2, -0.15) is 0 Å². The van der Waals surface area contributed by atoms with E-state index in [4.69, 9.17) is 11.6 Å². The minimum Gasteiger partial charge on any atom is -0.481 e. The zero-order valence-electron chi connectivity index (χ0n) is 14.3. The van der Waals surface area contributed by atoms with Crippen LogP contribution in [0.25, 0.3) is 10.1 Å². The van der Waals surface area contributed by atoms with Crippen molar-refractivity contribution in [3.8, 4) is 0 Å². The van der Waals surface area contributed by atoms with Gasteiger partial charge in [-0.05, 0) is 25.8 Å². The van der Waals surface area contributed by atoms with Crippen LogP contribution >= 0.6 is 22.9 Å². The molecule has 1 fully saturated rings. The van der Waals surface area contributed by atoms with Crippen molar-refractivity contribution < 1.29 is 19.5 Å². The van der Waals surface area contributed by atoms with Crippen molar-refractivity contribution in [1.82, 2.24) is 10.2 Å². The number of rotatable bonds is 4. The molecule has 2 aromatic rings. The summed E-state index contributed by atoms with van der Waals surface area (Å²) in [6.45, 7) is 2.12. The summed E-state index contributed by atoms with van der Waals surface area (Å²) >= 11 is 7.55. The van der Waals surface area contributed by atoms with Gasteiger partial charge < -0.3 is 15.3 Å². The van der Waals surface area contributed by atoms with Crippen LogP contribution < -0.4 is 5.32 Å². The summed E-state index contributed by atoms with van der Waals surface area (Å²) in [7, 11) is 0. The highest BCUT2D eigenvalue weighted by molar-refractivity contribution is 7.21. The molecule has 6 nitrogen and oxygen atoms in total. The molecule has 1 aliphatic rings. The number of amides is 2. The Kier molecular flexibility index (Phi) is 5.20. The summed E-state index contributed by atoms with van der Waals surface area (Å²) in [5.41, 5.74) is -0.938. The number of carbonyl (C=O) groups is 3. The number of carboxylic acids is 1. The maximum Gasteiger partial charge on any atom is 0.311 e. The lowest BCUT2D eigenvalue weighted by Gasteiger charge is -2.37. The highest BCUT2D eigenvalue weighted by atomic mass is 35.5. The molecular weight excluding hydrogens is 376 g/mol. The maximum absolute atomic E-state index is 12.4. The second kappa shape index (κ2) is 7.25. The minimum atomic E-state index is -0.938. The van der Waals surface area contributed by atoms with Gasteiger partial charge in [-0.15, -0.1) is 11.3 Å². The maximum atomic E-state index is 12.4. The third kappa shape index (κ3) is 3.54.